The third-order valence-corrected chi connectivity index (χ3v) is 5.55. The first-order valence-corrected chi connectivity index (χ1v) is 11.0. The molecule has 4 aromatic rings. The second-order valence-electron chi connectivity index (χ2n) is 8.13. The maximum atomic E-state index is 13.5. The van der Waals surface area contributed by atoms with Gasteiger partial charge >= 0.3 is 0 Å². The third kappa shape index (κ3) is 4.71. The minimum atomic E-state index is -0.229. The quantitative estimate of drug-likeness (QED) is 0.307. The molecule has 0 amide bonds. The predicted octanol–water partition coefficient (Wildman–Crippen LogP) is 5.86. The Balaban J connectivity index is 1.73. The zero-order valence-corrected chi connectivity index (χ0v) is 20.1. The number of fused-ring (bicyclic) bond motifs is 1. The van der Waals surface area contributed by atoms with Gasteiger partial charge < -0.3 is 23.4 Å². The van der Waals surface area contributed by atoms with Crippen molar-refractivity contribution in [1.82, 2.24) is 0 Å². The molecule has 3 aromatic carbocycles. The highest BCUT2D eigenvalue weighted by Gasteiger charge is 2.20. The van der Waals surface area contributed by atoms with Gasteiger partial charge in [0.05, 0.1) is 19.6 Å². The number of benzene rings is 3. The molecule has 34 heavy (non-hydrogen) atoms. The standard InChI is InChI=1S/C28H28O6/c1-17-6-9-21(10-7-17)32-12-13-33-28-25(29)22-15-18(2)14-19(3)26(22)34-27(28)20-8-11-23(30-4)24(16-20)31-5/h6-11,14-16H,12-13H2,1-5H3. The molecule has 0 bridgehead atoms. The van der Waals surface area contributed by atoms with Gasteiger partial charge in [0.15, 0.2) is 17.3 Å². The lowest BCUT2D eigenvalue weighted by atomic mass is 10.0. The molecule has 0 radical (unpaired) electrons. The SMILES string of the molecule is COc1ccc(-c2oc3c(C)cc(C)cc3c(=O)c2OCCOc2ccc(C)cc2)cc1OC. The van der Waals surface area contributed by atoms with Gasteiger partial charge in [-0.05, 0) is 68.3 Å². The van der Waals surface area contributed by atoms with E-state index in [1.54, 1.807) is 26.4 Å². The molecule has 0 saturated carbocycles. The molecule has 0 N–H and O–H groups in total. The molecule has 0 spiro atoms. The molecule has 0 unspecified atom stereocenters. The number of ether oxygens (including phenoxy) is 4. The number of hydrogen-bond acceptors (Lipinski definition) is 6. The molecule has 1 aromatic heterocycles. The molecule has 0 fully saturated rings. The van der Waals surface area contributed by atoms with Crippen LogP contribution in [0.3, 0.4) is 0 Å². The first-order chi connectivity index (χ1) is 16.4. The van der Waals surface area contributed by atoms with E-state index < -0.39 is 0 Å². The largest absolute Gasteiger partial charge is 0.493 e. The van der Waals surface area contributed by atoms with Crippen molar-refractivity contribution in [2.75, 3.05) is 27.4 Å². The van der Waals surface area contributed by atoms with Gasteiger partial charge in [0.25, 0.3) is 0 Å². The van der Waals surface area contributed by atoms with Gasteiger partial charge in [0.1, 0.15) is 24.5 Å². The van der Waals surface area contributed by atoms with Crippen molar-refractivity contribution < 1.29 is 23.4 Å². The Morgan fingerprint density at radius 1 is 0.765 bits per heavy atom. The van der Waals surface area contributed by atoms with Crippen LogP contribution in [0.25, 0.3) is 22.3 Å². The monoisotopic (exact) mass is 460 g/mol. The van der Waals surface area contributed by atoms with Crippen LogP contribution < -0.4 is 24.4 Å². The normalized spacial score (nSPS) is 10.9. The summed E-state index contributed by atoms with van der Waals surface area (Å²) in [6, 6.07) is 16.9. The average molecular weight is 461 g/mol. The van der Waals surface area contributed by atoms with Crippen molar-refractivity contribution in [1.29, 1.82) is 0 Å². The number of rotatable bonds is 8. The lowest BCUT2D eigenvalue weighted by Crippen LogP contribution is -2.15. The maximum absolute atomic E-state index is 13.5. The van der Waals surface area contributed by atoms with Crippen molar-refractivity contribution in [3.05, 3.63) is 81.5 Å². The van der Waals surface area contributed by atoms with E-state index >= 15 is 0 Å². The van der Waals surface area contributed by atoms with Crippen LogP contribution in [0.1, 0.15) is 16.7 Å². The molecule has 0 aliphatic heterocycles. The summed E-state index contributed by atoms with van der Waals surface area (Å²) in [6.45, 7) is 6.34. The molecule has 1 heterocycles. The lowest BCUT2D eigenvalue weighted by Gasteiger charge is -2.15. The zero-order valence-electron chi connectivity index (χ0n) is 20.1. The van der Waals surface area contributed by atoms with Gasteiger partial charge in [-0.15, -0.1) is 0 Å². The highest BCUT2D eigenvalue weighted by atomic mass is 16.5. The van der Waals surface area contributed by atoms with E-state index in [2.05, 4.69) is 0 Å². The van der Waals surface area contributed by atoms with E-state index in [1.807, 2.05) is 63.2 Å². The topological polar surface area (TPSA) is 67.1 Å². The Bertz CT molecular complexity index is 1370. The van der Waals surface area contributed by atoms with Crippen LogP contribution >= 0.6 is 0 Å². The van der Waals surface area contributed by atoms with E-state index in [-0.39, 0.29) is 24.4 Å². The second-order valence-corrected chi connectivity index (χ2v) is 8.13. The van der Waals surface area contributed by atoms with Crippen LogP contribution in [0.2, 0.25) is 0 Å². The minimum Gasteiger partial charge on any atom is -0.493 e. The lowest BCUT2D eigenvalue weighted by molar-refractivity contribution is 0.214. The smallest absolute Gasteiger partial charge is 0.235 e. The molecule has 0 aliphatic carbocycles. The van der Waals surface area contributed by atoms with E-state index in [1.165, 1.54) is 0 Å². The molecule has 4 rings (SSSR count). The van der Waals surface area contributed by atoms with Gasteiger partial charge in [0, 0.05) is 5.56 Å². The van der Waals surface area contributed by atoms with Crippen LogP contribution in [0.5, 0.6) is 23.0 Å². The van der Waals surface area contributed by atoms with Crippen LogP contribution in [-0.2, 0) is 0 Å². The van der Waals surface area contributed by atoms with Crippen LogP contribution in [-0.4, -0.2) is 27.4 Å². The average Bonchev–Trinajstić information content (AvgIpc) is 2.83. The fraction of sp³-hybridized carbons (Fsp3) is 0.250. The van der Waals surface area contributed by atoms with Crippen LogP contribution in [0.4, 0.5) is 0 Å². The molecule has 6 nitrogen and oxygen atoms in total. The van der Waals surface area contributed by atoms with Crippen LogP contribution in [0, 0.1) is 20.8 Å². The summed E-state index contributed by atoms with van der Waals surface area (Å²) < 4.78 is 28.8. The Morgan fingerprint density at radius 3 is 2.18 bits per heavy atom. The Kier molecular flexibility index (Phi) is 6.77. The molecular formula is C28H28O6. The Hall–Kier alpha value is -3.93. The van der Waals surface area contributed by atoms with Crippen molar-refractivity contribution in [3.63, 3.8) is 0 Å². The van der Waals surface area contributed by atoms with Crippen molar-refractivity contribution >= 4 is 11.0 Å². The molecule has 0 saturated heterocycles. The molecule has 0 atom stereocenters. The third-order valence-electron chi connectivity index (χ3n) is 5.55. The highest BCUT2D eigenvalue weighted by molar-refractivity contribution is 5.85. The van der Waals surface area contributed by atoms with Gasteiger partial charge in [-0.3, -0.25) is 4.79 Å². The van der Waals surface area contributed by atoms with Gasteiger partial charge in [-0.1, -0.05) is 23.8 Å². The summed E-state index contributed by atoms with van der Waals surface area (Å²) in [5.74, 6) is 2.32. The van der Waals surface area contributed by atoms with Crippen LogP contribution in [0.15, 0.2) is 63.8 Å². The van der Waals surface area contributed by atoms with E-state index in [9.17, 15) is 4.79 Å². The van der Waals surface area contributed by atoms with Crippen molar-refractivity contribution in [2.45, 2.75) is 20.8 Å². The summed E-state index contributed by atoms with van der Waals surface area (Å²) in [4.78, 5) is 13.5. The number of hydrogen-bond donors (Lipinski definition) is 0. The van der Waals surface area contributed by atoms with Gasteiger partial charge in [-0.2, -0.15) is 0 Å². The fourth-order valence-electron chi connectivity index (χ4n) is 3.87. The van der Waals surface area contributed by atoms with Crippen molar-refractivity contribution in [3.8, 4) is 34.3 Å². The fourth-order valence-corrected chi connectivity index (χ4v) is 3.87. The first kappa shape index (κ1) is 23.2. The molecule has 176 valence electrons. The maximum Gasteiger partial charge on any atom is 0.235 e. The minimum absolute atomic E-state index is 0.136. The predicted molar refractivity (Wildman–Crippen MR) is 133 cm³/mol. The summed E-state index contributed by atoms with van der Waals surface area (Å²) >= 11 is 0. The second kappa shape index (κ2) is 9.91. The van der Waals surface area contributed by atoms with E-state index in [0.717, 1.165) is 22.4 Å². The number of methoxy groups -OCH3 is 2. The zero-order chi connectivity index (χ0) is 24.2. The van der Waals surface area contributed by atoms with E-state index in [0.29, 0.717) is 33.8 Å². The van der Waals surface area contributed by atoms with Gasteiger partial charge in [-0.25, -0.2) is 0 Å². The molecular weight excluding hydrogens is 432 g/mol. The Labute approximate surface area is 198 Å². The van der Waals surface area contributed by atoms with Gasteiger partial charge in [0.2, 0.25) is 11.2 Å². The summed E-state index contributed by atoms with van der Waals surface area (Å²) in [5.41, 5.74) is 3.96. The summed E-state index contributed by atoms with van der Waals surface area (Å²) in [5, 5.41) is 0.483. The molecule has 0 aliphatic rings. The van der Waals surface area contributed by atoms with E-state index in [4.69, 9.17) is 23.4 Å². The summed E-state index contributed by atoms with van der Waals surface area (Å²) in [7, 11) is 3.13. The highest BCUT2D eigenvalue weighted by Crippen LogP contribution is 2.37. The Morgan fingerprint density at radius 2 is 1.47 bits per heavy atom. The molecule has 6 heteroatoms. The first-order valence-electron chi connectivity index (χ1n) is 11.0. The van der Waals surface area contributed by atoms with Crippen molar-refractivity contribution in [2.24, 2.45) is 0 Å². The number of aryl methyl sites for hydroxylation is 3. The summed E-state index contributed by atoms with van der Waals surface area (Å²) in [6.07, 6.45) is 0.